The first-order chi connectivity index (χ1) is 12.2. The van der Waals surface area contributed by atoms with Gasteiger partial charge in [0.1, 0.15) is 5.57 Å². The summed E-state index contributed by atoms with van der Waals surface area (Å²) in [6, 6.07) is 0. The van der Waals surface area contributed by atoms with E-state index in [0.29, 0.717) is 23.9 Å². The lowest BCUT2D eigenvalue weighted by atomic mass is 10.0. The molecule has 0 aromatic rings. The molecule has 2 rings (SSSR count). The first-order valence-corrected chi connectivity index (χ1v) is 9.38. The molecule has 0 aromatic carbocycles. The maximum absolute atomic E-state index is 9.72. The van der Waals surface area contributed by atoms with E-state index in [0.717, 1.165) is 25.7 Å². The van der Waals surface area contributed by atoms with Crippen molar-refractivity contribution in [1.29, 1.82) is 0 Å². The van der Waals surface area contributed by atoms with E-state index >= 15 is 0 Å². The Morgan fingerprint density at radius 2 is 1.85 bits per heavy atom. The van der Waals surface area contributed by atoms with Crippen LogP contribution in [0.3, 0.4) is 0 Å². The molecule has 1 N–H and O–H groups in total. The van der Waals surface area contributed by atoms with Crippen molar-refractivity contribution in [3.05, 3.63) is 34.6 Å². The Hall–Kier alpha value is -1.59. The number of hydrogen-bond acceptors (Lipinski definition) is 4. The fraction of sp³-hybridized carbons (Fsp3) is 0.667. The van der Waals surface area contributed by atoms with E-state index in [1.54, 1.807) is 6.92 Å². The quantitative estimate of drug-likeness (QED) is 0.140. The third-order valence-corrected chi connectivity index (χ3v) is 5.09. The van der Waals surface area contributed by atoms with Gasteiger partial charge in [-0.25, -0.2) is 0 Å². The van der Waals surface area contributed by atoms with Crippen LogP contribution in [0.4, 0.5) is 0 Å². The van der Waals surface area contributed by atoms with Crippen LogP contribution < -0.4 is 0 Å². The number of epoxide rings is 1. The van der Waals surface area contributed by atoms with E-state index in [1.165, 1.54) is 18.3 Å². The predicted octanol–water partition coefficient (Wildman–Crippen LogP) is 4.76. The summed E-state index contributed by atoms with van der Waals surface area (Å²) in [6.07, 6.45) is 9.44. The summed E-state index contributed by atoms with van der Waals surface area (Å²) >= 11 is 0. The molecule has 0 amide bonds. The number of ether oxygens (including phenoxy) is 2. The highest BCUT2D eigenvalue weighted by Crippen LogP contribution is 2.39. The Kier molecular flexibility index (Phi) is 7.07. The Labute approximate surface area is 157 Å². The van der Waals surface area contributed by atoms with Crippen molar-refractivity contribution in [3.63, 3.8) is 0 Å². The lowest BCUT2D eigenvalue weighted by Crippen LogP contribution is -2.12. The normalized spacial score (nSPS) is 25.5. The molecule has 2 aliphatic rings. The van der Waals surface area contributed by atoms with Crippen molar-refractivity contribution in [1.82, 2.24) is 0 Å². The van der Waals surface area contributed by atoms with E-state index in [4.69, 9.17) is 19.2 Å². The summed E-state index contributed by atoms with van der Waals surface area (Å²) in [5.41, 5.74) is 3.40. The lowest BCUT2D eigenvalue weighted by Gasteiger charge is -2.07. The van der Waals surface area contributed by atoms with Crippen LogP contribution in [0.5, 0.6) is 0 Å². The van der Waals surface area contributed by atoms with E-state index in [1.807, 2.05) is 0 Å². The van der Waals surface area contributed by atoms with Gasteiger partial charge in [-0.2, -0.15) is 4.89 Å². The summed E-state index contributed by atoms with van der Waals surface area (Å²) in [5, 5.41) is 0. The van der Waals surface area contributed by atoms with Crippen LogP contribution in [0.25, 0.3) is 0 Å². The SMILES string of the molecule is COOC1=C(C)C(=[OH+])OC1C/C=C(\C)CC/C=C(\C)CCC1OC1(C)C. The van der Waals surface area contributed by atoms with Gasteiger partial charge in [-0.1, -0.05) is 23.3 Å². The van der Waals surface area contributed by atoms with Gasteiger partial charge in [-0.05, 0) is 60.3 Å². The molecule has 0 aliphatic carbocycles. The van der Waals surface area contributed by atoms with Gasteiger partial charge in [0.05, 0.1) is 18.8 Å². The van der Waals surface area contributed by atoms with Gasteiger partial charge in [0.15, 0.2) is 0 Å². The molecule has 0 spiro atoms. The summed E-state index contributed by atoms with van der Waals surface area (Å²) in [6.45, 7) is 10.4. The number of rotatable bonds is 10. The van der Waals surface area contributed by atoms with Crippen LogP contribution in [-0.4, -0.2) is 35.7 Å². The van der Waals surface area contributed by atoms with Crippen molar-refractivity contribution in [2.45, 2.75) is 84.5 Å². The zero-order valence-corrected chi connectivity index (χ0v) is 16.9. The number of hydrogen-bond donors (Lipinski definition) is 0. The van der Waals surface area contributed by atoms with Gasteiger partial charge in [0.2, 0.25) is 5.76 Å². The number of cyclic esters (lactones) is 1. The summed E-state index contributed by atoms with van der Waals surface area (Å²) in [4.78, 5) is 19.6. The second-order valence-electron chi connectivity index (χ2n) is 7.77. The highest BCUT2D eigenvalue weighted by Gasteiger charge is 2.46. The Balaban J connectivity index is 1.73. The molecule has 1 fully saturated rings. The molecule has 5 heteroatoms. The van der Waals surface area contributed by atoms with Gasteiger partial charge in [0, 0.05) is 6.42 Å². The Bertz CT molecular complexity index is 612. The molecule has 0 bridgehead atoms. The molecule has 2 unspecified atom stereocenters. The van der Waals surface area contributed by atoms with Crippen LogP contribution in [0.1, 0.15) is 66.7 Å². The van der Waals surface area contributed by atoms with Gasteiger partial charge >= 0.3 is 5.97 Å². The molecular formula is C21H33O5+. The van der Waals surface area contributed by atoms with E-state index in [-0.39, 0.29) is 17.7 Å². The monoisotopic (exact) mass is 365 g/mol. The van der Waals surface area contributed by atoms with Crippen LogP contribution in [0, 0.1) is 0 Å². The second-order valence-corrected chi connectivity index (χ2v) is 7.77. The highest BCUT2D eigenvalue weighted by molar-refractivity contribution is 5.92. The lowest BCUT2D eigenvalue weighted by molar-refractivity contribution is -0.245. The first-order valence-electron chi connectivity index (χ1n) is 9.38. The molecule has 26 heavy (non-hydrogen) atoms. The minimum Gasteiger partial charge on any atom is -0.367 e. The molecule has 146 valence electrons. The fourth-order valence-electron chi connectivity index (χ4n) is 3.14. The summed E-state index contributed by atoms with van der Waals surface area (Å²) in [5.74, 6) is 0.449. The third kappa shape index (κ3) is 5.71. The van der Waals surface area contributed by atoms with Crippen LogP contribution in [0.15, 0.2) is 34.6 Å². The van der Waals surface area contributed by atoms with Crippen LogP contribution in [-0.2, 0) is 19.2 Å². The molecular weight excluding hydrogens is 332 g/mol. The van der Waals surface area contributed by atoms with Gasteiger partial charge in [-0.15, -0.1) is 0 Å². The molecule has 2 aliphatic heterocycles. The molecule has 2 heterocycles. The predicted molar refractivity (Wildman–Crippen MR) is 102 cm³/mol. The number of carbonyl (C=O) groups excluding carboxylic acids is 1. The first kappa shape index (κ1) is 20.7. The van der Waals surface area contributed by atoms with Crippen molar-refractivity contribution < 1.29 is 24.0 Å². The fourth-order valence-corrected chi connectivity index (χ4v) is 3.14. The second kappa shape index (κ2) is 8.87. The maximum Gasteiger partial charge on any atom is 0.517 e. The van der Waals surface area contributed by atoms with Crippen LogP contribution >= 0.6 is 0 Å². The average Bonchev–Trinajstić information content (AvgIpc) is 3.11. The minimum atomic E-state index is -0.330. The smallest absolute Gasteiger partial charge is 0.367 e. The number of allylic oxidation sites excluding steroid dienone is 3. The van der Waals surface area contributed by atoms with Gasteiger partial charge in [0.25, 0.3) is 6.10 Å². The van der Waals surface area contributed by atoms with E-state index in [2.05, 4.69) is 39.8 Å². The average molecular weight is 365 g/mol. The van der Waals surface area contributed by atoms with E-state index in [9.17, 15) is 4.79 Å². The van der Waals surface area contributed by atoms with Crippen molar-refractivity contribution >= 4 is 5.97 Å². The maximum atomic E-state index is 9.72. The molecule has 0 saturated carbocycles. The van der Waals surface area contributed by atoms with Crippen molar-refractivity contribution in [2.75, 3.05) is 7.11 Å². The number of esters is 1. The van der Waals surface area contributed by atoms with E-state index < -0.39 is 0 Å². The summed E-state index contributed by atoms with van der Waals surface area (Å²) < 4.78 is 11.1. The Morgan fingerprint density at radius 1 is 1.19 bits per heavy atom. The van der Waals surface area contributed by atoms with Gasteiger partial charge < -0.3 is 19.2 Å². The minimum absolute atomic E-state index is 0.0884. The Morgan fingerprint density at radius 3 is 2.46 bits per heavy atom. The van der Waals surface area contributed by atoms with Crippen LogP contribution in [0.2, 0.25) is 0 Å². The molecule has 0 radical (unpaired) electrons. The topological polar surface area (TPSA) is 61.6 Å². The zero-order valence-electron chi connectivity index (χ0n) is 16.9. The molecule has 2 atom stereocenters. The summed E-state index contributed by atoms with van der Waals surface area (Å²) in [7, 11) is 1.44. The molecule has 5 nitrogen and oxygen atoms in total. The standard InChI is InChI=1S/C21H32O5/c1-14(8-7-9-15(2)11-13-18-21(4,5)25-18)10-12-17-19(26-23-6)16(3)20(22)24-17/h9-10,17-18H,7-8,11-13H2,1-6H3/p+1/b14-10+,15-9+. The highest BCUT2D eigenvalue weighted by atomic mass is 17.2. The van der Waals surface area contributed by atoms with Crippen molar-refractivity contribution in [2.24, 2.45) is 0 Å². The zero-order chi connectivity index (χ0) is 19.3. The van der Waals surface area contributed by atoms with Gasteiger partial charge in [-0.3, -0.25) is 0 Å². The largest absolute Gasteiger partial charge is 0.517 e. The van der Waals surface area contributed by atoms with Crippen molar-refractivity contribution in [3.8, 4) is 0 Å². The molecule has 0 aromatic heterocycles. The molecule has 1 saturated heterocycles. The third-order valence-electron chi connectivity index (χ3n) is 5.09.